The number of aliphatic imine (C=N–C) groups is 1. The van der Waals surface area contributed by atoms with Gasteiger partial charge in [-0.15, -0.1) is 34.2 Å². The van der Waals surface area contributed by atoms with E-state index >= 15 is 0 Å². The first-order valence-electron chi connectivity index (χ1n) is 8.63. The minimum Gasteiger partial charge on any atom is -0.356 e. The summed E-state index contributed by atoms with van der Waals surface area (Å²) < 4.78 is 2.02. The highest BCUT2D eigenvalue weighted by Crippen LogP contribution is 2.06. The molecule has 0 saturated carbocycles. The average Bonchev–Trinajstić information content (AvgIpc) is 3.00. The molecule has 0 aliphatic rings. The van der Waals surface area contributed by atoms with Crippen LogP contribution < -0.4 is 10.6 Å². The fourth-order valence-corrected chi connectivity index (χ4v) is 2.35. The number of aromatic nitrogens is 3. The number of aryl methyl sites for hydroxylation is 1. The highest BCUT2D eigenvalue weighted by Gasteiger charge is 2.03. The molecule has 1 aromatic heterocycles. The average molecular weight is 436 g/mol. The number of halogens is 1. The normalized spacial score (nSPS) is 11.2. The molecule has 1 aromatic rings. The molecule has 0 atom stereocenters. The molecule has 0 aromatic carbocycles. The molecule has 6 nitrogen and oxygen atoms in total. The van der Waals surface area contributed by atoms with E-state index in [4.69, 9.17) is 0 Å². The van der Waals surface area contributed by atoms with E-state index < -0.39 is 0 Å². The van der Waals surface area contributed by atoms with Gasteiger partial charge >= 0.3 is 0 Å². The first kappa shape index (κ1) is 22.1. The molecule has 0 bridgehead atoms. The summed E-state index contributed by atoms with van der Waals surface area (Å²) in [5, 5.41) is 14.7. The van der Waals surface area contributed by atoms with Crippen molar-refractivity contribution in [2.45, 2.75) is 71.9 Å². The summed E-state index contributed by atoms with van der Waals surface area (Å²) in [7, 11) is 1.80. The van der Waals surface area contributed by atoms with Gasteiger partial charge in [0, 0.05) is 20.1 Å². The van der Waals surface area contributed by atoms with Gasteiger partial charge < -0.3 is 15.2 Å². The molecule has 0 saturated heterocycles. The molecule has 0 radical (unpaired) electrons. The molecule has 0 fully saturated rings. The van der Waals surface area contributed by atoms with Crippen molar-refractivity contribution in [3.8, 4) is 0 Å². The lowest BCUT2D eigenvalue weighted by Crippen LogP contribution is -2.37. The zero-order chi connectivity index (χ0) is 16.0. The van der Waals surface area contributed by atoms with Crippen molar-refractivity contribution < 1.29 is 0 Å². The van der Waals surface area contributed by atoms with Gasteiger partial charge in [-0.2, -0.15) is 0 Å². The number of unbranched alkanes of at least 4 members (excludes halogenated alkanes) is 6. The molecule has 23 heavy (non-hydrogen) atoms. The van der Waals surface area contributed by atoms with Crippen molar-refractivity contribution in [3.63, 3.8) is 0 Å². The quantitative estimate of drug-likeness (QED) is 0.242. The Bertz CT molecular complexity index is 418. The molecule has 0 amide bonds. The third-order valence-corrected chi connectivity index (χ3v) is 3.75. The molecular formula is C16H33IN6. The van der Waals surface area contributed by atoms with Crippen LogP contribution in [0, 0.1) is 0 Å². The fourth-order valence-electron chi connectivity index (χ4n) is 2.35. The van der Waals surface area contributed by atoms with E-state index in [-0.39, 0.29) is 24.0 Å². The molecule has 0 spiro atoms. The van der Waals surface area contributed by atoms with Crippen molar-refractivity contribution in [3.05, 3.63) is 12.2 Å². The van der Waals surface area contributed by atoms with Gasteiger partial charge in [-0.25, -0.2) is 0 Å². The fraction of sp³-hybridized carbons (Fsp3) is 0.812. The maximum atomic E-state index is 4.24. The van der Waals surface area contributed by atoms with Crippen molar-refractivity contribution in [2.24, 2.45) is 4.99 Å². The van der Waals surface area contributed by atoms with Gasteiger partial charge in [0.2, 0.25) is 0 Å². The lowest BCUT2D eigenvalue weighted by atomic mass is 10.1. The summed E-state index contributed by atoms with van der Waals surface area (Å²) in [6.07, 6.45) is 11.0. The summed E-state index contributed by atoms with van der Waals surface area (Å²) in [5.41, 5.74) is 0. The SMILES string of the molecule is CCCCCCCCCNC(=NC)NCc1nncn1CC.I. The van der Waals surface area contributed by atoms with Crippen LogP contribution in [-0.2, 0) is 13.1 Å². The van der Waals surface area contributed by atoms with Gasteiger partial charge in [-0.3, -0.25) is 4.99 Å². The second-order valence-corrected chi connectivity index (χ2v) is 5.51. The molecule has 7 heteroatoms. The van der Waals surface area contributed by atoms with Crippen LogP contribution in [0.5, 0.6) is 0 Å². The first-order chi connectivity index (χ1) is 10.8. The van der Waals surface area contributed by atoms with Gasteiger partial charge in [0.05, 0.1) is 6.54 Å². The lowest BCUT2D eigenvalue weighted by Gasteiger charge is -2.11. The minimum absolute atomic E-state index is 0. The monoisotopic (exact) mass is 436 g/mol. The van der Waals surface area contributed by atoms with Gasteiger partial charge in [-0.05, 0) is 13.3 Å². The van der Waals surface area contributed by atoms with Crippen LogP contribution in [0.4, 0.5) is 0 Å². The lowest BCUT2D eigenvalue weighted by molar-refractivity contribution is 0.583. The predicted molar refractivity (Wildman–Crippen MR) is 107 cm³/mol. The number of hydrogen-bond acceptors (Lipinski definition) is 3. The Morgan fingerprint density at radius 3 is 2.43 bits per heavy atom. The largest absolute Gasteiger partial charge is 0.356 e. The Morgan fingerprint density at radius 2 is 1.78 bits per heavy atom. The molecular weight excluding hydrogens is 403 g/mol. The number of hydrogen-bond donors (Lipinski definition) is 2. The van der Waals surface area contributed by atoms with E-state index in [9.17, 15) is 0 Å². The highest BCUT2D eigenvalue weighted by molar-refractivity contribution is 14.0. The molecule has 0 aliphatic carbocycles. The Labute approximate surface area is 158 Å². The maximum Gasteiger partial charge on any atom is 0.191 e. The van der Waals surface area contributed by atoms with Crippen LogP contribution in [0.25, 0.3) is 0 Å². The van der Waals surface area contributed by atoms with Crippen LogP contribution >= 0.6 is 24.0 Å². The van der Waals surface area contributed by atoms with E-state index in [1.54, 1.807) is 13.4 Å². The summed E-state index contributed by atoms with van der Waals surface area (Å²) >= 11 is 0. The number of guanidine groups is 1. The van der Waals surface area contributed by atoms with Gasteiger partial charge in [-0.1, -0.05) is 45.4 Å². The van der Waals surface area contributed by atoms with E-state index in [1.807, 2.05) is 4.57 Å². The second kappa shape index (κ2) is 14.7. The van der Waals surface area contributed by atoms with Crippen LogP contribution in [0.1, 0.15) is 64.6 Å². The third-order valence-electron chi connectivity index (χ3n) is 3.75. The van der Waals surface area contributed by atoms with Crippen LogP contribution in [0.15, 0.2) is 11.3 Å². The maximum absolute atomic E-state index is 4.24. The standard InChI is InChI=1S/C16H32N6.HI/c1-4-6-7-8-9-10-11-12-18-16(17-3)19-13-15-21-20-14-22(15)5-2;/h14H,4-13H2,1-3H3,(H2,17,18,19);1H. The third kappa shape index (κ3) is 9.78. The second-order valence-electron chi connectivity index (χ2n) is 5.51. The minimum atomic E-state index is 0. The molecule has 2 N–H and O–H groups in total. The zero-order valence-electron chi connectivity index (χ0n) is 14.8. The van der Waals surface area contributed by atoms with Gasteiger partial charge in [0.1, 0.15) is 6.33 Å². The van der Waals surface area contributed by atoms with Crippen LogP contribution in [0.2, 0.25) is 0 Å². The molecule has 0 unspecified atom stereocenters. The Morgan fingerprint density at radius 1 is 1.09 bits per heavy atom. The van der Waals surface area contributed by atoms with Crippen molar-refractivity contribution >= 4 is 29.9 Å². The first-order valence-corrected chi connectivity index (χ1v) is 8.63. The van der Waals surface area contributed by atoms with E-state index in [1.165, 1.54) is 44.9 Å². The molecule has 1 heterocycles. The zero-order valence-corrected chi connectivity index (χ0v) is 17.2. The molecule has 134 valence electrons. The van der Waals surface area contributed by atoms with E-state index in [0.29, 0.717) is 6.54 Å². The van der Waals surface area contributed by atoms with E-state index in [2.05, 4.69) is 39.7 Å². The summed E-state index contributed by atoms with van der Waals surface area (Å²) in [6.45, 7) is 6.83. The van der Waals surface area contributed by atoms with Gasteiger partial charge in [0.25, 0.3) is 0 Å². The van der Waals surface area contributed by atoms with Crippen molar-refractivity contribution in [2.75, 3.05) is 13.6 Å². The number of nitrogens with one attached hydrogen (secondary N) is 2. The topological polar surface area (TPSA) is 67.1 Å². The number of rotatable bonds is 11. The van der Waals surface area contributed by atoms with E-state index in [0.717, 1.165) is 24.9 Å². The molecule has 0 aliphatic heterocycles. The summed E-state index contributed by atoms with van der Waals surface area (Å²) in [4.78, 5) is 4.24. The van der Waals surface area contributed by atoms with Gasteiger partial charge in [0.15, 0.2) is 11.8 Å². The molecule has 1 rings (SSSR count). The highest BCUT2D eigenvalue weighted by atomic mass is 127. The summed E-state index contributed by atoms with van der Waals surface area (Å²) in [5.74, 6) is 1.76. The summed E-state index contributed by atoms with van der Waals surface area (Å²) in [6, 6.07) is 0. The number of nitrogens with zero attached hydrogens (tertiary/aromatic N) is 4. The smallest absolute Gasteiger partial charge is 0.191 e. The predicted octanol–water partition coefficient (Wildman–Crippen LogP) is 3.33. The van der Waals surface area contributed by atoms with Crippen LogP contribution in [0.3, 0.4) is 0 Å². The van der Waals surface area contributed by atoms with Crippen LogP contribution in [-0.4, -0.2) is 34.3 Å². The van der Waals surface area contributed by atoms with Crippen molar-refractivity contribution in [1.82, 2.24) is 25.4 Å². The Kier molecular flexibility index (Phi) is 14.2. The van der Waals surface area contributed by atoms with Crippen molar-refractivity contribution in [1.29, 1.82) is 0 Å². The Balaban J connectivity index is 0.00000484. The Hall–Kier alpha value is -0.860.